The molecule has 0 spiro atoms. The van der Waals surface area contributed by atoms with Crippen molar-refractivity contribution in [3.8, 4) is 5.75 Å². The molecule has 0 aliphatic rings. The molecule has 1 aromatic carbocycles. The van der Waals surface area contributed by atoms with Crippen LogP contribution in [0.3, 0.4) is 0 Å². The molecule has 0 heterocycles. The van der Waals surface area contributed by atoms with Crippen molar-refractivity contribution in [3.05, 3.63) is 28.2 Å². The third-order valence-corrected chi connectivity index (χ3v) is 3.15. The Kier molecular flexibility index (Phi) is 4.35. The predicted octanol–water partition coefficient (Wildman–Crippen LogP) is 3.16. The molecule has 1 unspecified atom stereocenters. The summed E-state index contributed by atoms with van der Waals surface area (Å²) in [6.07, 6.45) is 0.162. The molecule has 3 N–H and O–H groups in total. The third kappa shape index (κ3) is 3.23. The van der Waals surface area contributed by atoms with E-state index in [9.17, 15) is 0 Å². The maximum Gasteiger partial charge on any atom is 0.123 e. The van der Waals surface area contributed by atoms with E-state index >= 15 is 0 Å². The molecule has 1 aromatic rings. The summed E-state index contributed by atoms with van der Waals surface area (Å²) in [6.45, 7) is 6.27. The summed E-state index contributed by atoms with van der Waals surface area (Å²) in [7, 11) is 0. The molecule has 88 valence electrons. The number of hydrogen-bond donors (Lipinski definition) is 2. The Morgan fingerprint density at radius 1 is 1.38 bits per heavy atom. The highest BCUT2D eigenvalue weighted by atomic mass is 79.9. The Hall–Kier alpha value is -1.03. The first-order valence-electron chi connectivity index (χ1n) is 5.22. The summed E-state index contributed by atoms with van der Waals surface area (Å²) < 4.78 is 6.54. The number of hydrogen-bond acceptors (Lipinski definition) is 2. The van der Waals surface area contributed by atoms with Crippen LogP contribution in [0.15, 0.2) is 22.7 Å². The van der Waals surface area contributed by atoms with Crippen molar-refractivity contribution in [1.29, 1.82) is 5.41 Å². The van der Waals surface area contributed by atoms with E-state index < -0.39 is 0 Å². The molecule has 16 heavy (non-hydrogen) atoms. The van der Waals surface area contributed by atoms with Crippen LogP contribution < -0.4 is 10.5 Å². The second-order valence-electron chi connectivity index (χ2n) is 4.12. The molecular weight excluding hydrogens is 268 g/mol. The van der Waals surface area contributed by atoms with E-state index in [1.807, 2.05) is 19.1 Å². The molecule has 0 fully saturated rings. The number of nitrogens with two attached hydrogens (primary N) is 1. The van der Waals surface area contributed by atoms with E-state index in [1.54, 1.807) is 6.07 Å². The Bertz CT molecular complexity index is 391. The second-order valence-corrected chi connectivity index (χ2v) is 4.98. The molecule has 0 amide bonds. The molecule has 4 heteroatoms. The first kappa shape index (κ1) is 13.0. The first-order chi connectivity index (χ1) is 7.41. The minimum atomic E-state index is 0.0512. The zero-order valence-electron chi connectivity index (χ0n) is 9.75. The predicted molar refractivity (Wildman–Crippen MR) is 70.1 cm³/mol. The van der Waals surface area contributed by atoms with E-state index in [-0.39, 0.29) is 11.9 Å². The Morgan fingerprint density at radius 2 is 2.00 bits per heavy atom. The van der Waals surface area contributed by atoms with Crippen molar-refractivity contribution >= 4 is 21.8 Å². The van der Waals surface area contributed by atoms with Crippen LogP contribution in [0, 0.1) is 11.3 Å². The molecule has 3 nitrogen and oxygen atoms in total. The normalized spacial score (nSPS) is 12.6. The van der Waals surface area contributed by atoms with Crippen LogP contribution in [-0.2, 0) is 0 Å². The van der Waals surface area contributed by atoms with Crippen LogP contribution >= 0.6 is 15.9 Å². The minimum Gasteiger partial charge on any atom is -0.490 e. The first-order valence-corrected chi connectivity index (χ1v) is 6.01. The largest absolute Gasteiger partial charge is 0.490 e. The van der Waals surface area contributed by atoms with Gasteiger partial charge < -0.3 is 10.5 Å². The number of benzene rings is 1. The second kappa shape index (κ2) is 5.34. The topological polar surface area (TPSA) is 59.1 Å². The third-order valence-electron chi connectivity index (χ3n) is 2.49. The van der Waals surface area contributed by atoms with Crippen molar-refractivity contribution in [2.45, 2.75) is 26.9 Å². The number of ether oxygens (including phenoxy) is 1. The number of nitrogen functional groups attached to an aromatic ring is 1. The summed E-state index contributed by atoms with van der Waals surface area (Å²) in [5, 5.41) is 7.36. The lowest BCUT2D eigenvalue weighted by atomic mass is 10.1. The van der Waals surface area contributed by atoms with Crippen LogP contribution in [0.1, 0.15) is 26.3 Å². The summed E-state index contributed by atoms with van der Waals surface area (Å²) in [5.41, 5.74) is 6.11. The van der Waals surface area contributed by atoms with Gasteiger partial charge in [-0.2, -0.15) is 0 Å². The SMILES string of the molecule is CC(C)C(C)Oc1ccc(C(=N)N)c(Br)c1. The van der Waals surface area contributed by atoms with Gasteiger partial charge in [0.05, 0.1) is 6.10 Å². The fraction of sp³-hybridized carbons (Fsp3) is 0.417. The molecule has 1 rings (SSSR count). The van der Waals surface area contributed by atoms with Gasteiger partial charge in [0.25, 0.3) is 0 Å². The van der Waals surface area contributed by atoms with E-state index in [4.69, 9.17) is 15.9 Å². The van der Waals surface area contributed by atoms with Gasteiger partial charge in [0.2, 0.25) is 0 Å². The van der Waals surface area contributed by atoms with E-state index in [0.29, 0.717) is 11.5 Å². The fourth-order valence-electron chi connectivity index (χ4n) is 1.14. The standard InChI is InChI=1S/C12H17BrN2O/c1-7(2)8(3)16-9-4-5-10(12(14)15)11(13)6-9/h4-8H,1-3H3,(H3,14,15). The van der Waals surface area contributed by atoms with Gasteiger partial charge in [0.1, 0.15) is 11.6 Å². The molecule has 0 saturated heterocycles. The molecule has 0 bridgehead atoms. The lowest BCUT2D eigenvalue weighted by molar-refractivity contribution is 0.170. The maximum absolute atomic E-state index is 7.36. The average Bonchev–Trinajstić information content (AvgIpc) is 2.16. The van der Waals surface area contributed by atoms with Gasteiger partial charge in [-0.1, -0.05) is 13.8 Å². The summed E-state index contributed by atoms with van der Waals surface area (Å²) in [5.74, 6) is 1.31. The monoisotopic (exact) mass is 284 g/mol. The zero-order chi connectivity index (χ0) is 12.3. The van der Waals surface area contributed by atoms with Crippen molar-refractivity contribution in [3.63, 3.8) is 0 Å². The van der Waals surface area contributed by atoms with Crippen molar-refractivity contribution in [2.24, 2.45) is 11.7 Å². The summed E-state index contributed by atoms with van der Waals surface area (Å²) in [4.78, 5) is 0. The molecule has 0 aromatic heterocycles. The van der Waals surface area contributed by atoms with Gasteiger partial charge in [0.15, 0.2) is 0 Å². The lowest BCUT2D eigenvalue weighted by Gasteiger charge is -2.18. The van der Waals surface area contributed by atoms with Crippen LogP contribution in [0.4, 0.5) is 0 Å². The van der Waals surface area contributed by atoms with Crippen molar-refractivity contribution in [2.75, 3.05) is 0 Å². The molecule has 0 saturated carbocycles. The van der Waals surface area contributed by atoms with Gasteiger partial charge in [-0.15, -0.1) is 0 Å². The van der Waals surface area contributed by atoms with Crippen LogP contribution in [0.25, 0.3) is 0 Å². The van der Waals surface area contributed by atoms with Gasteiger partial charge in [-0.3, -0.25) is 5.41 Å². The van der Waals surface area contributed by atoms with Crippen LogP contribution in [0.5, 0.6) is 5.75 Å². The molecule has 1 atom stereocenters. The highest BCUT2D eigenvalue weighted by molar-refractivity contribution is 9.10. The van der Waals surface area contributed by atoms with Gasteiger partial charge in [-0.25, -0.2) is 0 Å². The smallest absolute Gasteiger partial charge is 0.123 e. The minimum absolute atomic E-state index is 0.0512. The number of halogens is 1. The van der Waals surface area contributed by atoms with Crippen molar-refractivity contribution in [1.82, 2.24) is 0 Å². The quantitative estimate of drug-likeness (QED) is 0.659. The molecule has 0 radical (unpaired) electrons. The Labute approximate surface area is 105 Å². The Balaban J connectivity index is 2.85. The lowest BCUT2D eigenvalue weighted by Crippen LogP contribution is -2.19. The number of amidine groups is 1. The van der Waals surface area contributed by atoms with E-state index in [2.05, 4.69) is 29.8 Å². The van der Waals surface area contributed by atoms with Gasteiger partial charge in [-0.05, 0) is 47.0 Å². The van der Waals surface area contributed by atoms with E-state index in [0.717, 1.165) is 10.2 Å². The highest BCUT2D eigenvalue weighted by Crippen LogP contribution is 2.24. The van der Waals surface area contributed by atoms with Crippen molar-refractivity contribution < 1.29 is 4.74 Å². The molecular formula is C12H17BrN2O. The summed E-state index contributed by atoms with van der Waals surface area (Å²) >= 11 is 3.37. The maximum atomic E-state index is 7.36. The molecule has 0 aliphatic carbocycles. The van der Waals surface area contributed by atoms with E-state index in [1.165, 1.54) is 0 Å². The fourth-order valence-corrected chi connectivity index (χ4v) is 1.71. The number of rotatable bonds is 4. The Morgan fingerprint density at radius 3 is 2.44 bits per heavy atom. The van der Waals surface area contributed by atoms with Crippen LogP contribution in [0.2, 0.25) is 0 Å². The van der Waals surface area contributed by atoms with Gasteiger partial charge in [0, 0.05) is 10.0 Å². The average molecular weight is 285 g/mol. The molecule has 0 aliphatic heterocycles. The summed E-state index contributed by atoms with van der Waals surface area (Å²) in [6, 6.07) is 5.46. The van der Waals surface area contributed by atoms with Gasteiger partial charge >= 0.3 is 0 Å². The zero-order valence-corrected chi connectivity index (χ0v) is 11.3. The van der Waals surface area contributed by atoms with Crippen LogP contribution in [-0.4, -0.2) is 11.9 Å². The number of nitrogens with one attached hydrogen (secondary N) is 1. The highest BCUT2D eigenvalue weighted by Gasteiger charge is 2.10.